The fraction of sp³-hybridized carbons (Fsp3) is 0.957. The van der Waals surface area contributed by atoms with Crippen LogP contribution in [0.2, 0.25) is 0 Å². The van der Waals surface area contributed by atoms with Crippen molar-refractivity contribution in [2.24, 2.45) is 17.8 Å². The van der Waals surface area contributed by atoms with Gasteiger partial charge < -0.3 is 33.8 Å². The van der Waals surface area contributed by atoms with E-state index in [1.165, 1.54) is 308 Å². The molecule has 0 saturated carbocycles. The standard InChI is InChI=1S/C93H182O17P2/c1-8-10-11-12-13-14-15-39-46-53-60-67-74-90(95)103-80-88(109-93(98)77-70-63-56-49-42-35-29-28-31-37-44-51-58-65-72-85(5)6)82-107-111(99,100)105-78-87(94)79-106-112(101,102)108-83-89(81-104-91(96)75-68-61-54-47-40-33-26-22-18-16-20-24-30-36-43-50-57-64-71-84(3)4)110-92(97)76-69-62-55-48-41-34-27-23-19-17-21-25-32-38-45-52-59-66-73-86(7)9-2/h84-89,94H,8-83H2,1-7H3,(H,99,100)(H,101,102)/t86?,87-,88+,89+/m0/s1. The molecule has 3 N–H and O–H groups in total. The molecule has 0 aromatic rings. The number of carbonyl (C=O) groups is 4. The molecule has 666 valence electrons. The number of esters is 4. The summed E-state index contributed by atoms with van der Waals surface area (Å²) in [6.07, 6.45) is 76.3. The highest BCUT2D eigenvalue weighted by molar-refractivity contribution is 7.47. The van der Waals surface area contributed by atoms with Crippen LogP contribution < -0.4 is 0 Å². The highest BCUT2D eigenvalue weighted by atomic mass is 31.2. The average molecular weight is 1630 g/mol. The third-order valence-electron chi connectivity index (χ3n) is 22.2. The Morgan fingerprint density at radius 2 is 0.455 bits per heavy atom. The Labute approximate surface area is 689 Å². The summed E-state index contributed by atoms with van der Waals surface area (Å²) in [5.74, 6) is 0.395. The first-order valence-electron chi connectivity index (χ1n) is 47.9. The molecule has 0 saturated heterocycles. The molecule has 0 heterocycles. The lowest BCUT2D eigenvalue weighted by Crippen LogP contribution is -2.30. The molecule has 0 aromatic heterocycles. The number of phosphoric acid groups is 2. The van der Waals surface area contributed by atoms with Crippen LogP contribution in [0.25, 0.3) is 0 Å². The Kier molecular flexibility index (Phi) is 81.3. The first kappa shape index (κ1) is 110. The molecule has 0 aliphatic carbocycles. The molecule has 0 aromatic carbocycles. The molecule has 0 radical (unpaired) electrons. The molecule has 0 fully saturated rings. The average Bonchev–Trinajstić information content (AvgIpc) is 0.896. The maximum atomic E-state index is 13.2. The Bertz CT molecular complexity index is 2150. The summed E-state index contributed by atoms with van der Waals surface area (Å²) < 4.78 is 69.1. The molecule has 19 heteroatoms. The first-order chi connectivity index (χ1) is 54.3. The second-order valence-electron chi connectivity index (χ2n) is 34.6. The molecule has 6 atom stereocenters. The molecule has 0 spiro atoms. The van der Waals surface area contributed by atoms with Crippen LogP contribution in [-0.4, -0.2) is 96.7 Å². The summed E-state index contributed by atoms with van der Waals surface area (Å²) in [5.41, 5.74) is 0. The first-order valence-corrected chi connectivity index (χ1v) is 50.9. The van der Waals surface area contributed by atoms with E-state index in [0.717, 1.165) is 108 Å². The van der Waals surface area contributed by atoms with Gasteiger partial charge in [-0.1, -0.05) is 447 Å². The fourth-order valence-corrected chi connectivity index (χ4v) is 16.2. The van der Waals surface area contributed by atoms with Crippen molar-refractivity contribution < 1.29 is 80.2 Å². The Balaban J connectivity index is 5.24. The number of ether oxygens (including phenoxy) is 4. The largest absolute Gasteiger partial charge is 0.472 e. The van der Waals surface area contributed by atoms with Crippen LogP contribution in [0.1, 0.15) is 498 Å². The van der Waals surface area contributed by atoms with Gasteiger partial charge in [-0.3, -0.25) is 37.3 Å². The molecule has 3 unspecified atom stereocenters. The lowest BCUT2D eigenvalue weighted by molar-refractivity contribution is -0.161. The van der Waals surface area contributed by atoms with Gasteiger partial charge in [-0.15, -0.1) is 0 Å². The van der Waals surface area contributed by atoms with Crippen LogP contribution in [0.5, 0.6) is 0 Å². The fourth-order valence-electron chi connectivity index (χ4n) is 14.6. The second-order valence-corrected chi connectivity index (χ2v) is 37.5. The lowest BCUT2D eigenvalue weighted by atomic mass is 9.99. The molecule has 112 heavy (non-hydrogen) atoms. The molecule has 0 aliphatic heterocycles. The highest BCUT2D eigenvalue weighted by Crippen LogP contribution is 2.45. The maximum absolute atomic E-state index is 13.2. The number of phosphoric ester groups is 2. The zero-order valence-electron chi connectivity index (χ0n) is 74.2. The van der Waals surface area contributed by atoms with Crippen molar-refractivity contribution in [1.82, 2.24) is 0 Å². The summed E-state index contributed by atoms with van der Waals surface area (Å²) in [6.45, 7) is 12.2. The minimum absolute atomic E-state index is 0.108. The van der Waals surface area contributed by atoms with Crippen molar-refractivity contribution in [2.45, 2.75) is 516 Å². The van der Waals surface area contributed by atoms with Crippen LogP contribution in [0.4, 0.5) is 0 Å². The van der Waals surface area contributed by atoms with Crippen LogP contribution in [-0.2, 0) is 65.4 Å². The third kappa shape index (κ3) is 84.5. The van der Waals surface area contributed by atoms with Gasteiger partial charge in [0.1, 0.15) is 19.3 Å². The van der Waals surface area contributed by atoms with Crippen molar-refractivity contribution in [2.75, 3.05) is 39.6 Å². The molecule has 17 nitrogen and oxygen atoms in total. The van der Waals surface area contributed by atoms with Crippen molar-refractivity contribution in [3.63, 3.8) is 0 Å². The Morgan fingerprint density at radius 1 is 0.259 bits per heavy atom. The van der Waals surface area contributed by atoms with Gasteiger partial charge in [0.25, 0.3) is 0 Å². The number of hydrogen-bond acceptors (Lipinski definition) is 15. The molecule has 0 bridgehead atoms. The second kappa shape index (κ2) is 82.7. The van der Waals surface area contributed by atoms with Crippen molar-refractivity contribution in [3.05, 3.63) is 0 Å². The summed E-state index contributed by atoms with van der Waals surface area (Å²) in [4.78, 5) is 73.5. The number of hydrogen-bond donors (Lipinski definition) is 3. The summed E-state index contributed by atoms with van der Waals surface area (Å²) in [6, 6.07) is 0. The van der Waals surface area contributed by atoms with Gasteiger partial charge in [0.2, 0.25) is 0 Å². The number of unbranched alkanes of at least 4 members (excludes halogenated alkanes) is 58. The van der Waals surface area contributed by atoms with E-state index in [4.69, 9.17) is 37.0 Å². The summed E-state index contributed by atoms with van der Waals surface area (Å²) >= 11 is 0. The van der Waals surface area contributed by atoms with E-state index in [9.17, 15) is 43.2 Å². The smallest absolute Gasteiger partial charge is 0.462 e. The topological polar surface area (TPSA) is 237 Å². The number of aliphatic hydroxyl groups is 1. The lowest BCUT2D eigenvalue weighted by Gasteiger charge is -2.21. The van der Waals surface area contributed by atoms with Gasteiger partial charge >= 0.3 is 39.5 Å². The third-order valence-corrected chi connectivity index (χ3v) is 24.1. The Hall–Kier alpha value is -1.94. The summed E-state index contributed by atoms with van der Waals surface area (Å²) in [7, 11) is -9.94. The predicted molar refractivity (Wildman–Crippen MR) is 465 cm³/mol. The van der Waals surface area contributed by atoms with E-state index < -0.39 is 97.5 Å². The van der Waals surface area contributed by atoms with Crippen molar-refractivity contribution >= 4 is 39.5 Å². The minimum atomic E-state index is -4.97. The zero-order valence-corrected chi connectivity index (χ0v) is 75.9. The molecular formula is C93H182O17P2. The van der Waals surface area contributed by atoms with E-state index >= 15 is 0 Å². The minimum Gasteiger partial charge on any atom is -0.462 e. The van der Waals surface area contributed by atoms with E-state index in [2.05, 4.69) is 48.5 Å². The van der Waals surface area contributed by atoms with Crippen LogP contribution in [0, 0.1) is 17.8 Å². The van der Waals surface area contributed by atoms with E-state index in [1.807, 2.05) is 0 Å². The zero-order chi connectivity index (χ0) is 82.2. The van der Waals surface area contributed by atoms with Gasteiger partial charge in [0, 0.05) is 25.7 Å². The normalized spacial score (nSPS) is 14.0. The monoisotopic (exact) mass is 1630 g/mol. The predicted octanol–water partition coefficient (Wildman–Crippen LogP) is 28.8. The quantitative estimate of drug-likeness (QED) is 0.0222. The van der Waals surface area contributed by atoms with Gasteiger partial charge in [0.05, 0.1) is 26.4 Å². The van der Waals surface area contributed by atoms with E-state index in [1.54, 1.807) is 0 Å². The van der Waals surface area contributed by atoms with Crippen molar-refractivity contribution in [3.8, 4) is 0 Å². The number of aliphatic hydroxyl groups excluding tert-OH is 1. The molecule has 0 amide bonds. The van der Waals surface area contributed by atoms with Crippen LogP contribution in [0.3, 0.4) is 0 Å². The van der Waals surface area contributed by atoms with Gasteiger partial charge in [-0.05, 0) is 43.4 Å². The Morgan fingerprint density at radius 3 is 0.679 bits per heavy atom. The molecular weight excluding hydrogens is 1450 g/mol. The number of carbonyl (C=O) groups excluding carboxylic acids is 4. The van der Waals surface area contributed by atoms with Crippen molar-refractivity contribution in [1.29, 1.82) is 0 Å². The van der Waals surface area contributed by atoms with E-state index in [-0.39, 0.29) is 25.7 Å². The van der Waals surface area contributed by atoms with Crippen LogP contribution in [0.15, 0.2) is 0 Å². The van der Waals surface area contributed by atoms with Gasteiger partial charge in [0.15, 0.2) is 12.2 Å². The number of rotatable bonds is 91. The SMILES string of the molecule is CCCCCCCCCCCCCCC(=O)OC[C@H](COP(=O)(O)OC[C@H](O)COP(=O)(O)OC[C@@H](COC(=O)CCCCCCCCCCCCCCCCCCCCC(C)C)OC(=O)CCCCCCCCCCCCCCCCCCCCC(C)CC)OC(=O)CCCCCCCCCCCCCCCCC(C)C. The molecule has 0 aliphatic rings. The van der Waals surface area contributed by atoms with Crippen LogP contribution >= 0.6 is 15.6 Å². The highest BCUT2D eigenvalue weighted by Gasteiger charge is 2.31. The summed E-state index contributed by atoms with van der Waals surface area (Å²) in [5, 5.41) is 10.7. The van der Waals surface area contributed by atoms with Gasteiger partial charge in [-0.2, -0.15) is 0 Å². The molecule has 0 rings (SSSR count). The van der Waals surface area contributed by atoms with Gasteiger partial charge in [-0.25, -0.2) is 9.13 Å². The maximum Gasteiger partial charge on any atom is 0.472 e. The van der Waals surface area contributed by atoms with E-state index in [0.29, 0.717) is 25.7 Å².